The first kappa shape index (κ1) is 26.0. The highest BCUT2D eigenvalue weighted by molar-refractivity contribution is 5.68. The van der Waals surface area contributed by atoms with Crippen LogP contribution in [0.25, 0.3) is 0 Å². The van der Waals surface area contributed by atoms with Crippen molar-refractivity contribution in [3.8, 4) is 0 Å². The second-order valence-corrected chi connectivity index (χ2v) is 7.67. The van der Waals surface area contributed by atoms with Gasteiger partial charge in [0.15, 0.2) is 0 Å². The standard InChI is InChI=1S/C25H46O2/c1-3-4-5-6-7-8-9-10-11-12-13-14-15-16-17-18-19-20-21-22-23-24-25(26)27-2/h16-17,20-21H,3-15,18-19,22-24H2,1-2H3. The molecule has 0 saturated carbocycles. The van der Waals surface area contributed by atoms with Gasteiger partial charge in [0, 0.05) is 6.42 Å². The van der Waals surface area contributed by atoms with Gasteiger partial charge in [0.25, 0.3) is 0 Å². The molecular weight excluding hydrogens is 332 g/mol. The molecule has 0 aromatic heterocycles. The van der Waals surface area contributed by atoms with Crippen molar-refractivity contribution >= 4 is 5.97 Å². The Hall–Kier alpha value is -1.05. The van der Waals surface area contributed by atoms with E-state index in [4.69, 9.17) is 0 Å². The van der Waals surface area contributed by atoms with Gasteiger partial charge in [0.1, 0.15) is 0 Å². The maximum absolute atomic E-state index is 11.0. The lowest BCUT2D eigenvalue weighted by Crippen LogP contribution is -1.98. The van der Waals surface area contributed by atoms with E-state index in [0.717, 1.165) is 25.7 Å². The molecule has 0 aromatic rings. The van der Waals surface area contributed by atoms with Gasteiger partial charge in [-0.3, -0.25) is 4.79 Å². The van der Waals surface area contributed by atoms with Gasteiger partial charge in [-0.25, -0.2) is 0 Å². The van der Waals surface area contributed by atoms with Crippen LogP contribution in [0.2, 0.25) is 0 Å². The van der Waals surface area contributed by atoms with E-state index in [1.54, 1.807) is 0 Å². The summed E-state index contributed by atoms with van der Waals surface area (Å²) in [7, 11) is 1.45. The summed E-state index contributed by atoms with van der Waals surface area (Å²) in [5, 5.41) is 0. The normalized spacial score (nSPS) is 11.6. The predicted octanol–water partition coefficient (Wildman–Crippen LogP) is 8.31. The Morgan fingerprint density at radius 2 is 1.00 bits per heavy atom. The molecule has 0 saturated heterocycles. The highest BCUT2D eigenvalue weighted by Gasteiger charge is 1.96. The first-order valence-corrected chi connectivity index (χ1v) is 11.7. The lowest BCUT2D eigenvalue weighted by Gasteiger charge is -2.02. The molecule has 0 aliphatic carbocycles. The number of allylic oxidation sites excluding steroid dienone is 4. The lowest BCUT2D eigenvalue weighted by atomic mass is 10.0. The van der Waals surface area contributed by atoms with E-state index in [0.29, 0.717) is 6.42 Å². The molecule has 0 aliphatic heterocycles. The molecule has 0 unspecified atom stereocenters. The third-order valence-electron chi connectivity index (χ3n) is 5.04. The smallest absolute Gasteiger partial charge is 0.305 e. The van der Waals surface area contributed by atoms with Crippen molar-refractivity contribution in [3.63, 3.8) is 0 Å². The summed E-state index contributed by atoms with van der Waals surface area (Å²) in [6.45, 7) is 2.28. The van der Waals surface area contributed by atoms with Crippen molar-refractivity contribution in [2.75, 3.05) is 7.11 Å². The number of methoxy groups -OCH3 is 1. The molecule has 0 radical (unpaired) electrons. The fraction of sp³-hybridized carbons (Fsp3) is 0.800. The maximum atomic E-state index is 11.0. The number of carbonyl (C=O) groups excluding carboxylic acids is 1. The fourth-order valence-electron chi connectivity index (χ4n) is 3.23. The number of esters is 1. The Labute approximate surface area is 169 Å². The number of rotatable bonds is 20. The predicted molar refractivity (Wildman–Crippen MR) is 119 cm³/mol. The summed E-state index contributed by atoms with van der Waals surface area (Å²) in [5.74, 6) is -0.107. The van der Waals surface area contributed by atoms with Gasteiger partial charge in [-0.1, -0.05) is 102 Å². The van der Waals surface area contributed by atoms with Crippen molar-refractivity contribution in [3.05, 3.63) is 24.3 Å². The summed E-state index contributed by atoms with van der Waals surface area (Å²) in [6.07, 6.45) is 32.0. The minimum absolute atomic E-state index is 0.107. The van der Waals surface area contributed by atoms with Crippen LogP contribution in [0.3, 0.4) is 0 Å². The van der Waals surface area contributed by atoms with Gasteiger partial charge in [0.05, 0.1) is 7.11 Å². The van der Waals surface area contributed by atoms with Crippen LogP contribution in [0.5, 0.6) is 0 Å². The monoisotopic (exact) mass is 378 g/mol. The third kappa shape index (κ3) is 22.9. The zero-order valence-electron chi connectivity index (χ0n) is 18.4. The van der Waals surface area contributed by atoms with Gasteiger partial charge >= 0.3 is 5.97 Å². The van der Waals surface area contributed by atoms with Crippen LogP contribution in [0.4, 0.5) is 0 Å². The van der Waals surface area contributed by atoms with Crippen molar-refractivity contribution in [2.45, 2.75) is 122 Å². The third-order valence-corrected chi connectivity index (χ3v) is 5.04. The van der Waals surface area contributed by atoms with E-state index in [9.17, 15) is 4.79 Å². The number of hydrogen-bond acceptors (Lipinski definition) is 2. The fourth-order valence-corrected chi connectivity index (χ4v) is 3.23. The highest BCUT2D eigenvalue weighted by atomic mass is 16.5. The molecule has 0 N–H and O–H groups in total. The molecule has 0 bridgehead atoms. The molecule has 2 heteroatoms. The van der Waals surface area contributed by atoms with Crippen LogP contribution in [0.15, 0.2) is 24.3 Å². The van der Waals surface area contributed by atoms with E-state index in [1.165, 1.54) is 90.6 Å². The Bertz CT molecular complexity index is 357. The quantitative estimate of drug-likeness (QED) is 0.121. The largest absolute Gasteiger partial charge is 0.469 e. The van der Waals surface area contributed by atoms with Crippen LogP contribution in [-0.2, 0) is 9.53 Å². The number of ether oxygens (including phenoxy) is 1. The molecule has 0 atom stereocenters. The van der Waals surface area contributed by atoms with Crippen LogP contribution in [0.1, 0.15) is 122 Å². The van der Waals surface area contributed by atoms with Crippen LogP contribution in [-0.4, -0.2) is 13.1 Å². The number of carbonyl (C=O) groups is 1. The number of hydrogen-bond donors (Lipinski definition) is 0. The molecular formula is C25H46O2. The topological polar surface area (TPSA) is 26.3 Å². The second kappa shape index (κ2) is 23.0. The minimum Gasteiger partial charge on any atom is -0.469 e. The van der Waals surface area contributed by atoms with Crippen LogP contribution < -0.4 is 0 Å². The van der Waals surface area contributed by atoms with Gasteiger partial charge in [-0.2, -0.15) is 0 Å². The van der Waals surface area contributed by atoms with Crippen molar-refractivity contribution in [2.24, 2.45) is 0 Å². The van der Waals surface area contributed by atoms with E-state index in [-0.39, 0.29) is 5.97 Å². The zero-order valence-corrected chi connectivity index (χ0v) is 18.4. The molecule has 27 heavy (non-hydrogen) atoms. The van der Waals surface area contributed by atoms with Crippen LogP contribution >= 0.6 is 0 Å². The number of unbranched alkanes of at least 4 members (excludes halogenated alkanes) is 14. The van der Waals surface area contributed by atoms with Gasteiger partial charge in [0.2, 0.25) is 0 Å². The Morgan fingerprint density at radius 1 is 0.593 bits per heavy atom. The average Bonchev–Trinajstić information content (AvgIpc) is 2.68. The molecule has 0 fully saturated rings. The first-order chi connectivity index (χ1) is 13.3. The lowest BCUT2D eigenvalue weighted by molar-refractivity contribution is -0.140. The summed E-state index contributed by atoms with van der Waals surface area (Å²) in [5.41, 5.74) is 0. The Balaban J connectivity index is 3.17. The average molecular weight is 379 g/mol. The van der Waals surface area contributed by atoms with Gasteiger partial charge < -0.3 is 4.74 Å². The summed E-state index contributed by atoms with van der Waals surface area (Å²) < 4.78 is 4.62. The Kier molecular flexibility index (Phi) is 22.1. The molecule has 2 nitrogen and oxygen atoms in total. The molecule has 0 spiro atoms. The van der Waals surface area contributed by atoms with E-state index >= 15 is 0 Å². The van der Waals surface area contributed by atoms with Gasteiger partial charge in [-0.15, -0.1) is 0 Å². The van der Waals surface area contributed by atoms with Crippen molar-refractivity contribution < 1.29 is 9.53 Å². The second-order valence-electron chi connectivity index (χ2n) is 7.67. The van der Waals surface area contributed by atoms with Gasteiger partial charge in [-0.05, 0) is 38.5 Å². The minimum atomic E-state index is -0.107. The summed E-state index contributed by atoms with van der Waals surface area (Å²) in [4.78, 5) is 11.0. The van der Waals surface area contributed by atoms with Crippen molar-refractivity contribution in [1.29, 1.82) is 0 Å². The molecule has 0 rings (SSSR count). The van der Waals surface area contributed by atoms with E-state index < -0.39 is 0 Å². The van der Waals surface area contributed by atoms with E-state index in [1.807, 2.05) is 0 Å². The molecule has 158 valence electrons. The summed E-state index contributed by atoms with van der Waals surface area (Å²) >= 11 is 0. The van der Waals surface area contributed by atoms with Crippen LogP contribution in [0, 0.1) is 0 Å². The van der Waals surface area contributed by atoms with E-state index in [2.05, 4.69) is 36.0 Å². The zero-order chi connectivity index (χ0) is 19.8. The molecule has 0 aromatic carbocycles. The Morgan fingerprint density at radius 3 is 1.48 bits per heavy atom. The summed E-state index contributed by atoms with van der Waals surface area (Å²) in [6, 6.07) is 0. The van der Waals surface area contributed by atoms with Crippen molar-refractivity contribution in [1.82, 2.24) is 0 Å². The maximum Gasteiger partial charge on any atom is 0.305 e. The SMILES string of the molecule is CCCCCCCCCCCCCCC=CCCC=CCCCC(=O)OC. The molecule has 0 amide bonds. The molecule has 0 aliphatic rings. The highest BCUT2D eigenvalue weighted by Crippen LogP contribution is 2.12. The first-order valence-electron chi connectivity index (χ1n) is 11.7. The molecule has 0 heterocycles.